The van der Waals surface area contributed by atoms with E-state index in [-0.39, 0.29) is 5.91 Å². The van der Waals surface area contributed by atoms with Crippen LogP contribution in [0.5, 0.6) is 0 Å². The minimum atomic E-state index is -0.140. The molecule has 0 saturated heterocycles. The van der Waals surface area contributed by atoms with Crippen molar-refractivity contribution in [3.63, 3.8) is 0 Å². The summed E-state index contributed by atoms with van der Waals surface area (Å²) in [6.45, 7) is 0. The van der Waals surface area contributed by atoms with Crippen molar-refractivity contribution < 1.29 is 4.79 Å². The zero-order valence-corrected chi connectivity index (χ0v) is 12.8. The fraction of sp³-hybridized carbons (Fsp3) is 0.0526. The molecule has 114 valence electrons. The van der Waals surface area contributed by atoms with Crippen LogP contribution < -0.4 is 10.6 Å². The molecule has 2 N–H and O–H groups in total. The quantitative estimate of drug-likeness (QED) is 0.764. The van der Waals surface area contributed by atoms with E-state index in [1.165, 1.54) is 0 Å². The van der Waals surface area contributed by atoms with Crippen molar-refractivity contribution in [2.45, 2.75) is 0 Å². The molecule has 0 spiro atoms. The smallest absolute Gasteiger partial charge is 0.255 e. The van der Waals surface area contributed by atoms with E-state index in [2.05, 4.69) is 15.6 Å². The Labute approximate surface area is 135 Å². The fourth-order valence-electron chi connectivity index (χ4n) is 2.24. The number of anilines is 2. The summed E-state index contributed by atoms with van der Waals surface area (Å²) in [6, 6.07) is 20.9. The average Bonchev–Trinajstić information content (AvgIpc) is 2.63. The molecule has 1 aromatic heterocycles. The van der Waals surface area contributed by atoms with Crippen LogP contribution in [0.4, 0.5) is 11.4 Å². The minimum absolute atomic E-state index is 0.140. The molecule has 3 aromatic rings. The van der Waals surface area contributed by atoms with Crippen molar-refractivity contribution in [1.82, 2.24) is 4.98 Å². The highest BCUT2D eigenvalue weighted by Crippen LogP contribution is 2.20. The molecule has 1 amide bonds. The number of benzene rings is 2. The third-order valence-corrected chi connectivity index (χ3v) is 3.53. The Morgan fingerprint density at radius 2 is 1.57 bits per heavy atom. The summed E-state index contributed by atoms with van der Waals surface area (Å²) in [5, 5.41) is 5.93. The van der Waals surface area contributed by atoms with Crippen LogP contribution in [0.3, 0.4) is 0 Å². The highest BCUT2D eigenvalue weighted by atomic mass is 16.1. The van der Waals surface area contributed by atoms with Gasteiger partial charge in [-0.2, -0.15) is 0 Å². The number of amides is 1. The SMILES string of the molecule is CNc1ccc(-c2ccc(NC(=O)c3ccccc3)cn2)cc1. The standard InChI is InChI=1S/C19H17N3O/c1-20-16-9-7-14(8-10-16)18-12-11-17(13-21-18)22-19(23)15-5-3-2-4-6-15/h2-13,20H,1H3,(H,22,23). The van der Waals surface area contributed by atoms with Gasteiger partial charge in [0.25, 0.3) is 5.91 Å². The normalized spacial score (nSPS) is 10.1. The first-order valence-corrected chi connectivity index (χ1v) is 7.37. The zero-order chi connectivity index (χ0) is 16.1. The average molecular weight is 303 g/mol. The summed E-state index contributed by atoms with van der Waals surface area (Å²) in [6.07, 6.45) is 1.67. The van der Waals surface area contributed by atoms with Gasteiger partial charge in [0.2, 0.25) is 0 Å². The van der Waals surface area contributed by atoms with E-state index in [1.54, 1.807) is 18.3 Å². The first-order valence-electron chi connectivity index (χ1n) is 7.37. The largest absolute Gasteiger partial charge is 0.388 e. The number of carbonyl (C=O) groups is 1. The molecular formula is C19H17N3O. The third-order valence-electron chi connectivity index (χ3n) is 3.53. The first-order chi connectivity index (χ1) is 11.3. The van der Waals surface area contributed by atoms with Crippen molar-refractivity contribution in [1.29, 1.82) is 0 Å². The van der Waals surface area contributed by atoms with Crippen LogP contribution in [-0.2, 0) is 0 Å². The molecule has 1 heterocycles. The summed E-state index contributed by atoms with van der Waals surface area (Å²) in [7, 11) is 1.89. The number of aromatic nitrogens is 1. The van der Waals surface area contributed by atoms with Gasteiger partial charge in [0.15, 0.2) is 0 Å². The van der Waals surface area contributed by atoms with Crippen LogP contribution in [-0.4, -0.2) is 17.9 Å². The van der Waals surface area contributed by atoms with Gasteiger partial charge in [0.05, 0.1) is 17.6 Å². The lowest BCUT2D eigenvalue weighted by atomic mass is 10.1. The summed E-state index contributed by atoms with van der Waals surface area (Å²) in [5.41, 5.74) is 4.25. The van der Waals surface area contributed by atoms with Crippen molar-refractivity contribution in [3.05, 3.63) is 78.5 Å². The van der Waals surface area contributed by atoms with Gasteiger partial charge in [-0.25, -0.2) is 0 Å². The Kier molecular flexibility index (Phi) is 4.34. The van der Waals surface area contributed by atoms with E-state index in [4.69, 9.17) is 0 Å². The Morgan fingerprint density at radius 1 is 0.870 bits per heavy atom. The van der Waals surface area contributed by atoms with Crippen molar-refractivity contribution >= 4 is 17.3 Å². The molecular weight excluding hydrogens is 286 g/mol. The van der Waals surface area contributed by atoms with Crippen LogP contribution in [0.1, 0.15) is 10.4 Å². The molecule has 0 radical (unpaired) electrons. The predicted molar refractivity (Wildman–Crippen MR) is 93.6 cm³/mol. The lowest BCUT2D eigenvalue weighted by molar-refractivity contribution is 0.102. The molecule has 0 aliphatic carbocycles. The second-order valence-electron chi connectivity index (χ2n) is 5.08. The maximum absolute atomic E-state index is 12.1. The van der Waals surface area contributed by atoms with E-state index in [0.29, 0.717) is 11.3 Å². The molecule has 0 unspecified atom stereocenters. The van der Waals surface area contributed by atoms with E-state index >= 15 is 0 Å². The second kappa shape index (κ2) is 6.75. The van der Waals surface area contributed by atoms with Gasteiger partial charge < -0.3 is 10.6 Å². The monoisotopic (exact) mass is 303 g/mol. The van der Waals surface area contributed by atoms with Crippen LogP contribution in [0.25, 0.3) is 11.3 Å². The van der Waals surface area contributed by atoms with Gasteiger partial charge in [0.1, 0.15) is 0 Å². The molecule has 0 atom stereocenters. The maximum atomic E-state index is 12.1. The Morgan fingerprint density at radius 3 is 2.17 bits per heavy atom. The molecule has 3 rings (SSSR count). The van der Waals surface area contributed by atoms with Gasteiger partial charge in [-0.1, -0.05) is 30.3 Å². The number of pyridine rings is 1. The molecule has 4 nitrogen and oxygen atoms in total. The van der Waals surface area contributed by atoms with Crippen LogP contribution in [0.15, 0.2) is 72.9 Å². The molecule has 0 aliphatic heterocycles. The van der Waals surface area contributed by atoms with Crippen LogP contribution in [0.2, 0.25) is 0 Å². The summed E-state index contributed by atoms with van der Waals surface area (Å²) >= 11 is 0. The van der Waals surface area contributed by atoms with Gasteiger partial charge in [0, 0.05) is 23.9 Å². The lowest BCUT2D eigenvalue weighted by Gasteiger charge is -2.07. The molecule has 4 heteroatoms. The Hall–Kier alpha value is -3.14. The number of rotatable bonds is 4. The number of hydrogen-bond donors (Lipinski definition) is 2. The van der Waals surface area contributed by atoms with E-state index in [9.17, 15) is 4.79 Å². The van der Waals surface area contributed by atoms with E-state index in [0.717, 1.165) is 16.9 Å². The molecule has 0 aliphatic rings. The number of carbonyl (C=O) groups excluding carboxylic acids is 1. The number of nitrogens with one attached hydrogen (secondary N) is 2. The third kappa shape index (κ3) is 3.55. The van der Waals surface area contributed by atoms with Gasteiger partial charge in [-0.05, 0) is 36.4 Å². The zero-order valence-electron chi connectivity index (χ0n) is 12.8. The highest BCUT2D eigenvalue weighted by Gasteiger charge is 2.06. The van der Waals surface area contributed by atoms with Crippen LogP contribution >= 0.6 is 0 Å². The van der Waals surface area contributed by atoms with Gasteiger partial charge >= 0.3 is 0 Å². The van der Waals surface area contributed by atoms with Crippen molar-refractivity contribution in [2.24, 2.45) is 0 Å². The molecule has 23 heavy (non-hydrogen) atoms. The minimum Gasteiger partial charge on any atom is -0.388 e. The molecule has 0 fully saturated rings. The number of hydrogen-bond acceptors (Lipinski definition) is 3. The molecule has 0 saturated carbocycles. The molecule has 2 aromatic carbocycles. The Balaban J connectivity index is 1.73. The molecule has 0 bridgehead atoms. The van der Waals surface area contributed by atoms with Crippen LogP contribution in [0, 0.1) is 0 Å². The summed E-state index contributed by atoms with van der Waals surface area (Å²) in [5.74, 6) is -0.140. The number of nitrogens with zero attached hydrogens (tertiary/aromatic N) is 1. The summed E-state index contributed by atoms with van der Waals surface area (Å²) in [4.78, 5) is 16.5. The predicted octanol–water partition coefficient (Wildman–Crippen LogP) is 4.04. The fourth-order valence-corrected chi connectivity index (χ4v) is 2.24. The first kappa shape index (κ1) is 14.8. The van der Waals surface area contributed by atoms with Crippen molar-refractivity contribution in [2.75, 3.05) is 17.7 Å². The summed E-state index contributed by atoms with van der Waals surface area (Å²) < 4.78 is 0. The van der Waals surface area contributed by atoms with Gasteiger partial charge in [-0.15, -0.1) is 0 Å². The maximum Gasteiger partial charge on any atom is 0.255 e. The Bertz CT molecular complexity index is 781. The van der Waals surface area contributed by atoms with Gasteiger partial charge in [-0.3, -0.25) is 9.78 Å². The van der Waals surface area contributed by atoms with Crippen molar-refractivity contribution in [3.8, 4) is 11.3 Å². The van der Waals surface area contributed by atoms with E-state index in [1.807, 2.05) is 61.6 Å². The second-order valence-corrected chi connectivity index (χ2v) is 5.08. The van der Waals surface area contributed by atoms with E-state index < -0.39 is 0 Å². The highest BCUT2D eigenvalue weighted by molar-refractivity contribution is 6.04. The lowest BCUT2D eigenvalue weighted by Crippen LogP contribution is -2.11. The topological polar surface area (TPSA) is 54.0 Å².